The van der Waals surface area contributed by atoms with Gasteiger partial charge >= 0.3 is 0 Å². The Kier molecular flexibility index (Phi) is 42.3. The summed E-state index contributed by atoms with van der Waals surface area (Å²) in [5, 5.41) is 22.9. The molecule has 0 aromatic rings. The molecule has 0 heterocycles. The van der Waals surface area contributed by atoms with Crippen LogP contribution in [-0.2, 0) is 4.79 Å². The molecule has 0 aromatic heterocycles. The van der Waals surface area contributed by atoms with Crippen LogP contribution in [0.2, 0.25) is 0 Å². The van der Waals surface area contributed by atoms with E-state index in [2.05, 4.69) is 31.3 Å². The number of rotatable bonds is 42. The molecule has 0 saturated heterocycles. The maximum absolute atomic E-state index is 12.4. The molecule has 2 unspecified atom stereocenters. The third-order valence-corrected chi connectivity index (χ3v) is 10.7. The Morgan fingerprint density at radius 3 is 1.14 bits per heavy atom. The van der Waals surface area contributed by atoms with Crippen molar-refractivity contribution in [1.29, 1.82) is 0 Å². The summed E-state index contributed by atoms with van der Waals surface area (Å²) in [7, 11) is 0. The van der Waals surface area contributed by atoms with Gasteiger partial charge in [0.15, 0.2) is 0 Å². The average Bonchev–Trinajstić information content (AvgIpc) is 3.13. The fourth-order valence-electron chi connectivity index (χ4n) is 7.14. The molecule has 2 atom stereocenters. The maximum atomic E-state index is 12.4. The summed E-state index contributed by atoms with van der Waals surface area (Å²) >= 11 is 0. The molecule has 3 N–H and O–H groups in total. The molecule has 0 spiro atoms. The van der Waals surface area contributed by atoms with E-state index in [4.69, 9.17) is 0 Å². The minimum Gasteiger partial charge on any atom is -0.394 e. The summed E-state index contributed by atoms with van der Waals surface area (Å²) in [6.07, 6.45) is 56.0. The highest BCUT2D eigenvalue weighted by molar-refractivity contribution is 5.76. The largest absolute Gasteiger partial charge is 0.394 e. The van der Waals surface area contributed by atoms with E-state index >= 15 is 0 Å². The second-order valence-electron chi connectivity index (χ2n) is 15.8. The second kappa shape index (κ2) is 43.3. The van der Waals surface area contributed by atoms with Crippen LogP contribution in [0, 0.1) is 0 Å². The number of hydrogen-bond donors (Lipinski definition) is 3. The van der Waals surface area contributed by atoms with Gasteiger partial charge < -0.3 is 15.5 Å². The van der Waals surface area contributed by atoms with E-state index in [1.54, 1.807) is 6.08 Å². The molecule has 0 saturated carbocycles. The van der Waals surface area contributed by atoms with Crippen LogP contribution >= 0.6 is 0 Å². The number of nitrogens with one attached hydrogen (secondary N) is 1. The van der Waals surface area contributed by atoms with E-state index in [1.165, 1.54) is 199 Å². The number of carbonyl (C=O) groups excluding carboxylic acids is 1. The lowest BCUT2D eigenvalue weighted by atomic mass is 10.0. The van der Waals surface area contributed by atoms with Crippen molar-refractivity contribution in [3.05, 3.63) is 24.3 Å². The molecule has 0 fully saturated rings. The van der Waals surface area contributed by atoms with E-state index in [0.29, 0.717) is 6.42 Å². The van der Waals surface area contributed by atoms with Crippen LogP contribution in [0.3, 0.4) is 0 Å². The highest BCUT2D eigenvalue weighted by Crippen LogP contribution is 2.16. The van der Waals surface area contributed by atoms with Crippen LogP contribution in [0.25, 0.3) is 0 Å². The van der Waals surface area contributed by atoms with Crippen molar-refractivity contribution < 1.29 is 15.0 Å². The quantitative estimate of drug-likeness (QED) is 0.0435. The van der Waals surface area contributed by atoms with Crippen molar-refractivity contribution in [1.82, 2.24) is 5.32 Å². The number of allylic oxidation sites excluding steroid dienone is 3. The van der Waals surface area contributed by atoms with Gasteiger partial charge in [0, 0.05) is 6.42 Å². The van der Waals surface area contributed by atoms with Crippen molar-refractivity contribution in [2.45, 2.75) is 264 Å². The Hall–Kier alpha value is -1.13. The molecule has 0 radical (unpaired) electrons. The van der Waals surface area contributed by atoms with Gasteiger partial charge in [0.05, 0.1) is 18.8 Å². The van der Waals surface area contributed by atoms with E-state index in [-0.39, 0.29) is 12.5 Å². The molecule has 0 aromatic carbocycles. The summed E-state index contributed by atoms with van der Waals surface area (Å²) in [5.41, 5.74) is 0. The Balaban J connectivity index is 3.44. The lowest BCUT2D eigenvalue weighted by Gasteiger charge is -2.19. The van der Waals surface area contributed by atoms with Gasteiger partial charge in [-0.25, -0.2) is 0 Å². The molecule has 1 amide bonds. The van der Waals surface area contributed by atoms with Gasteiger partial charge in [0.2, 0.25) is 5.91 Å². The Morgan fingerprint density at radius 1 is 0.451 bits per heavy atom. The first-order chi connectivity index (χ1) is 25.2. The van der Waals surface area contributed by atoms with Crippen molar-refractivity contribution >= 4 is 5.91 Å². The summed E-state index contributed by atoms with van der Waals surface area (Å²) < 4.78 is 0. The van der Waals surface area contributed by atoms with Gasteiger partial charge in [0.1, 0.15) is 0 Å². The Morgan fingerprint density at radius 2 is 0.765 bits per heavy atom. The van der Waals surface area contributed by atoms with Crippen molar-refractivity contribution in [2.75, 3.05) is 6.61 Å². The Labute approximate surface area is 319 Å². The third-order valence-electron chi connectivity index (χ3n) is 10.7. The van der Waals surface area contributed by atoms with Crippen molar-refractivity contribution in [3.63, 3.8) is 0 Å². The lowest BCUT2D eigenvalue weighted by molar-refractivity contribution is -0.123. The highest BCUT2D eigenvalue weighted by Gasteiger charge is 2.17. The first-order valence-corrected chi connectivity index (χ1v) is 23.1. The molecular weight excluding hydrogens is 627 g/mol. The molecule has 51 heavy (non-hydrogen) atoms. The number of carbonyl (C=O) groups is 1. The average molecular weight is 718 g/mol. The normalized spacial score (nSPS) is 13.1. The maximum Gasteiger partial charge on any atom is 0.220 e. The molecule has 0 aliphatic rings. The molecule has 0 bridgehead atoms. The van der Waals surface area contributed by atoms with E-state index in [1.807, 2.05) is 6.08 Å². The molecule has 0 rings (SSSR count). The summed E-state index contributed by atoms with van der Waals surface area (Å²) in [5.74, 6) is -0.0711. The van der Waals surface area contributed by atoms with Crippen LogP contribution in [0.4, 0.5) is 0 Å². The zero-order valence-corrected chi connectivity index (χ0v) is 34.6. The lowest BCUT2D eigenvalue weighted by Crippen LogP contribution is -2.45. The zero-order chi connectivity index (χ0) is 37.1. The third kappa shape index (κ3) is 39.9. The minimum atomic E-state index is -0.856. The molecule has 302 valence electrons. The van der Waals surface area contributed by atoms with Crippen molar-refractivity contribution in [2.24, 2.45) is 0 Å². The first-order valence-electron chi connectivity index (χ1n) is 23.1. The standard InChI is InChI=1S/C47H91NO3/c1-3-5-7-9-11-13-15-16-17-18-19-20-21-22-23-24-25-26-27-28-29-30-31-33-35-37-39-41-43-47(51)48-45(44-49)46(50)42-40-38-36-34-32-14-12-10-8-6-4-2/h32,34,40,42,45-46,49-50H,3-31,33,35-39,41,43-44H2,1-2H3,(H,48,51)/b34-32+,42-40+. The Bertz CT molecular complexity index is 735. The fraction of sp³-hybridized carbons (Fsp3) is 0.894. The van der Waals surface area contributed by atoms with Crippen LogP contribution < -0.4 is 5.32 Å². The predicted molar refractivity (Wildman–Crippen MR) is 225 cm³/mol. The first kappa shape index (κ1) is 49.9. The van der Waals surface area contributed by atoms with Gasteiger partial charge in [0.25, 0.3) is 0 Å². The highest BCUT2D eigenvalue weighted by atomic mass is 16.3. The van der Waals surface area contributed by atoms with Gasteiger partial charge in [-0.1, -0.05) is 237 Å². The summed E-state index contributed by atoms with van der Waals surface area (Å²) in [6, 6.07) is -0.633. The number of hydrogen-bond acceptors (Lipinski definition) is 3. The van der Waals surface area contributed by atoms with E-state index in [9.17, 15) is 15.0 Å². The SMILES string of the molecule is CCCCCCC/C=C/CC/C=C/C(O)C(CO)NC(=O)CCCCCCCCCCCCCCCCCCCCCCCCCCCCCC. The van der Waals surface area contributed by atoms with E-state index < -0.39 is 12.1 Å². The minimum absolute atomic E-state index is 0.0711. The van der Waals surface area contributed by atoms with Gasteiger partial charge in [-0.3, -0.25) is 4.79 Å². The fourth-order valence-corrected chi connectivity index (χ4v) is 7.14. The van der Waals surface area contributed by atoms with Crippen LogP contribution in [-0.4, -0.2) is 34.9 Å². The number of aliphatic hydroxyl groups excluding tert-OH is 2. The number of aliphatic hydroxyl groups is 2. The monoisotopic (exact) mass is 718 g/mol. The van der Waals surface area contributed by atoms with Crippen LogP contribution in [0.15, 0.2) is 24.3 Å². The molecule has 0 aliphatic carbocycles. The van der Waals surface area contributed by atoms with Crippen LogP contribution in [0.5, 0.6) is 0 Å². The second-order valence-corrected chi connectivity index (χ2v) is 15.8. The van der Waals surface area contributed by atoms with Gasteiger partial charge in [-0.05, 0) is 32.1 Å². The molecule has 4 heteroatoms. The van der Waals surface area contributed by atoms with Crippen molar-refractivity contribution in [3.8, 4) is 0 Å². The molecular formula is C47H91NO3. The topological polar surface area (TPSA) is 69.6 Å². The summed E-state index contributed by atoms with van der Waals surface area (Å²) in [4.78, 5) is 12.4. The smallest absolute Gasteiger partial charge is 0.220 e. The van der Waals surface area contributed by atoms with Gasteiger partial charge in [-0.15, -0.1) is 0 Å². The zero-order valence-electron chi connectivity index (χ0n) is 34.6. The summed E-state index contributed by atoms with van der Waals surface area (Å²) in [6.45, 7) is 4.29. The van der Waals surface area contributed by atoms with E-state index in [0.717, 1.165) is 32.1 Å². The van der Waals surface area contributed by atoms with Crippen LogP contribution in [0.1, 0.15) is 251 Å². The predicted octanol–water partition coefficient (Wildman–Crippen LogP) is 14.4. The molecule has 4 nitrogen and oxygen atoms in total. The number of unbranched alkanes of at least 4 members (excludes halogenated alkanes) is 33. The molecule has 0 aliphatic heterocycles. The number of amides is 1. The van der Waals surface area contributed by atoms with Gasteiger partial charge in [-0.2, -0.15) is 0 Å².